The Hall–Kier alpha value is -1.06. The zero-order chi connectivity index (χ0) is 20.9. The third-order valence-corrected chi connectivity index (χ3v) is 4.96. The van der Waals surface area contributed by atoms with Crippen LogP contribution in [0.3, 0.4) is 0 Å². The Bertz CT molecular complexity index is 366. The minimum absolute atomic E-state index is 0.139. The fourth-order valence-corrected chi connectivity index (χ4v) is 3.12. The number of rotatable bonds is 20. The molecule has 0 unspecified atom stereocenters. The van der Waals surface area contributed by atoms with Crippen LogP contribution in [-0.2, 0) is 19.1 Å². The van der Waals surface area contributed by atoms with Gasteiger partial charge in [0, 0.05) is 12.8 Å². The molecule has 0 aliphatic carbocycles. The van der Waals surface area contributed by atoms with Gasteiger partial charge in [0.05, 0.1) is 13.2 Å². The maximum absolute atomic E-state index is 11.7. The smallest absolute Gasteiger partial charge is 0.305 e. The first kappa shape index (κ1) is 26.9. The first-order valence-electron chi connectivity index (χ1n) is 11.9. The van der Waals surface area contributed by atoms with Crippen LogP contribution in [0.1, 0.15) is 124 Å². The Morgan fingerprint density at radius 1 is 0.607 bits per heavy atom. The normalized spacial score (nSPS) is 11.0. The molecule has 166 valence electrons. The number of unbranched alkanes of at least 4 members (excludes halogenated alkanes) is 10. The topological polar surface area (TPSA) is 52.6 Å². The summed E-state index contributed by atoms with van der Waals surface area (Å²) in [5.41, 5.74) is 0. The van der Waals surface area contributed by atoms with E-state index in [-0.39, 0.29) is 11.9 Å². The molecule has 4 heteroatoms. The number of esters is 2. The second-order valence-corrected chi connectivity index (χ2v) is 8.37. The molecule has 28 heavy (non-hydrogen) atoms. The van der Waals surface area contributed by atoms with Crippen molar-refractivity contribution in [2.75, 3.05) is 13.2 Å². The molecule has 0 spiro atoms. The van der Waals surface area contributed by atoms with E-state index in [1.54, 1.807) is 0 Å². The lowest BCUT2D eigenvalue weighted by atomic mass is 10.0. The van der Waals surface area contributed by atoms with Crippen LogP contribution in [0.25, 0.3) is 0 Å². The number of carbonyl (C=O) groups excluding carboxylic acids is 2. The summed E-state index contributed by atoms with van der Waals surface area (Å²) in [6.45, 7) is 7.80. The number of hydrogen-bond acceptors (Lipinski definition) is 4. The second-order valence-electron chi connectivity index (χ2n) is 8.37. The molecular formula is C24H46O4. The molecule has 0 N–H and O–H groups in total. The Balaban J connectivity index is 3.32. The van der Waals surface area contributed by atoms with Crippen LogP contribution < -0.4 is 0 Å². The molecule has 0 amide bonds. The van der Waals surface area contributed by atoms with Crippen molar-refractivity contribution in [3.05, 3.63) is 0 Å². The maximum atomic E-state index is 11.7. The van der Waals surface area contributed by atoms with Crippen molar-refractivity contribution in [3.8, 4) is 0 Å². The van der Waals surface area contributed by atoms with Gasteiger partial charge in [-0.05, 0) is 31.6 Å². The maximum Gasteiger partial charge on any atom is 0.305 e. The van der Waals surface area contributed by atoms with Gasteiger partial charge in [0.15, 0.2) is 0 Å². The van der Waals surface area contributed by atoms with E-state index < -0.39 is 0 Å². The predicted molar refractivity (Wildman–Crippen MR) is 116 cm³/mol. The van der Waals surface area contributed by atoms with Crippen LogP contribution >= 0.6 is 0 Å². The van der Waals surface area contributed by atoms with Gasteiger partial charge in [0.2, 0.25) is 0 Å². The lowest BCUT2D eigenvalue weighted by molar-refractivity contribution is -0.146. The Morgan fingerprint density at radius 3 is 1.50 bits per heavy atom. The van der Waals surface area contributed by atoms with Crippen LogP contribution in [0.4, 0.5) is 0 Å². The van der Waals surface area contributed by atoms with E-state index in [0.29, 0.717) is 38.9 Å². The molecule has 0 aromatic rings. The van der Waals surface area contributed by atoms with Crippen LogP contribution in [0.15, 0.2) is 0 Å². The highest BCUT2D eigenvalue weighted by Gasteiger charge is 2.06. The minimum Gasteiger partial charge on any atom is -0.466 e. The van der Waals surface area contributed by atoms with E-state index in [1.165, 1.54) is 51.4 Å². The molecule has 0 saturated heterocycles. The van der Waals surface area contributed by atoms with Crippen molar-refractivity contribution in [2.45, 2.75) is 124 Å². The Labute approximate surface area is 174 Å². The highest BCUT2D eigenvalue weighted by Crippen LogP contribution is 2.11. The summed E-state index contributed by atoms with van der Waals surface area (Å²) < 4.78 is 10.5. The largest absolute Gasteiger partial charge is 0.466 e. The fourth-order valence-electron chi connectivity index (χ4n) is 3.12. The van der Waals surface area contributed by atoms with Crippen molar-refractivity contribution in [2.24, 2.45) is 5.92 Å². The molecule has 0 aliphatic heterocycles. The molecule has 0 atom stereocenters. The number of ether oxygens (including phenoxy) is 2. The third-order valence-electron chi connectivity index (χ3n) is 4.96. The van der Waals surface area contributed by atoms with Gasteiger partial charge in [-0.15, -0.1) is 0 Å². The summed E-state index contributed by atoms with van der Waals surface area (Å²) >= 11 is 0. The monoisotopic (exact) mass is 398 g/mol. The van der Waals surface area contributed by atoms with E-state index >= 15 is 0 Å². The van der Waals surface area contributed by atoms with Crippen molar-refractivity contribution < 1.29 is 19.1 Å². The average Bonchev–Trinajstić information content (AvgIpc) is 2.66. The first-order valence-corrected chi connectivity index (χ1v) is 11.9. The summed E-state index contributed by atoms with van der Waals surface area (Å²) in [6.07, 6.45) is 16.5. The molecule has 0 saturated carbocycles. The highest BCUT2D eigenvalue weighted by atomic mass is 16.5. The molecule has 0 aromatic heterocycles. The van der Waals surface area contributed by atoms with E-state index in [2.05, 4.69) is 20.8 Å². The van der Waals surface area contributed by atoms with Gasteiger partial charge in [-0.3, -0.25) is 9.59 Å². The van der Waals surface area contributed by atoms with Crippen LogP contribution in [0.5, 0.6) is 0 Å². The van der Waals surface area contributed by atoms with Gasteiger partial charge >= 0.3 is 11.9 Å². The quantitative estimate of drug-likeness (QED) is 0.164. The van der Waals surface area contributed by atoms with Gasteiger partial charge in [-0.2, -0.15) is 0 Å². The molecule has 0 fully saturated rings. The third kappa shape index (κ3) is 21.2. The molecule has 0 radical (unpaired) electrons. The summed E-state index contributed by atoms with van der Waals surface area (Å²) in [5, 5.41) is 0. The van der Waals surface area contributed by atoms with Crippen molar-refractivity contribution in [1.82, 2.24) is 0 Å². The minimum atomic E-state index is -0.139. The average molecular weight is 399 g/mol. The molecule has 0 heterocycles. The van der Waals surface area contributed by atoms with Crippen molar-refractivity contribution >= 4 is 11.9 Å². The Kier molecular flexibility index (Phi) is 19.9. The van der Waals surface area contributed by atoms with Crippen LogP contribution in [-0.4, -0.2) is 25.2 Å². The predicted octanol–water partition coefficient (Wildman–Crippen LogP) is 6.99. The molecule has 0 bridgehead atoms. The fraction of sp³-hybridized carbons (Fsp3) is 0.917. The Morgan fingerprint density at radius 2 is 1.04 bits per heavy atom. The van der Waals surface area contributed by atoms with E-state index in [4.69, 9.17) is 9.47 Å². The SMILES string of the molecule is CCCCCCCCOC(=O)CCCCC(=O)OCCCCCCCC(C)C. The molecule has 0 rings (SSSR count). The van der Waals surface area contributed by atoms with E-state index in [9.17, 15) is 9.59 Å². The standard InChI is InChI=1S/C24H46O4/c1-4-5-6-7-10-15-20-27-23(25)18-13-14-19-24(26)28-21-16-11-8-9-12-17-22(2)3/h22H,4-21H2,1-3H3. The summed E-state index contributed by atoms with van der Waals surface area (Å²) in [5.74, 6) is 0.516. The molecule has 0 aromatic carbocycles. The van der Waals surface area contributed by atoms with Crippen LogP contribution in [0, 0.1) is 5.92 Å². The molecule has 0 aliphatic rings. The molecule has 4 nitrogen and oxygen atoms in total. The van der Waals surface area contributed by atoms with E-state index in [1.807, 2.05) is 0 Å². The summed E-state index contributed by atoms with van der Waals surface area (Å²) in [7, 11) is 0. The van der Waals surface area contributed by atoms with Gasteiger partial charge in [0.25, 0.3) is 0 Å². The van der Waals surface area contributed by atoms with Gasteiger partial charge in [-0.25, -0.2) is 0 Å². The van der Waals surface area contributed by atoms with Crippen LogP contribution in [0.2, 0.25) is 0 Å². The summed E-state index contributed by atoms with van der Waals surface area (Å²) in [4.78, 5) is 23.3. The van der Waals surface area contributed by atoms with E-state index in [0.717, 1.165) is 31.6 Å². The van der Waals surface area contributed by atoms with Gasteiger partial charge in [-0.1, -0.05) is 85.0 Å². The second kappa shape index (κ2) is 20.7. The highest BCUT2D eigenvalue weighted by molar-refractivity contribution is 5.70. The first-order chi connectivity index (χ1) is 13.6. The molecular weight excluding hydrogens is 352 g/mol. The summed E-state index contributed by atoms with van der Waals surface area (Å²) in [6, 6.07) is 0. The number of carbonyl (C=O) groups is 2. The van der Waals surface area contributed by atoms with Gasteiger partial charge in [0.1, 0.15) is 0 Å². The van der Waals surface area contributed by atoms with Crippen molar-refractivity contribution in [1.29, 1.82) is 0 Å². The van der Waals surface area contributed by atoms with Crippen molar-refractivity contribution in [3.63, 3.8) is 0 Å². The number of hydrogen-bond donors (Lipinski definition) is 0. The lowest BCUT2D eigenvalue weighted by Gasteiger charge is -2.06. The van der Waals surface area contributed by atoms with Gasteiger partial charge < -0.3 is 9.47 Å². The zero-order valence-electron chi connectivity index (χ0n) is 18.9. The lowest BCUT2D eigenvalue weighted by Crippen LogP contribution is -2.08. The zero-order valence-corrected chi connectivity index (χ0v) is 18.9.